The zero-order valence-electron chi connectivity index (χ0n) is 6.62. The van der Waals surface area contributed by atoms with Crippen LogP contribution in [0.3, 0.4) is 0 Å². The smallest absolute Gasteiger partial charge is 0.141 e. The quantitative estimate of drug-likeness (QED) is 0.387. The second-order valence-corrected chi connectivity index (χ2v) is 3.91. The van der Waals surface area contributed by atoms with E-state index in [1.165, 1.54) is 0 Å². The third kappa shape index (κ3) is 1.40. The van der Waals surface area contributed by atoms with Crippen molar-refractivity contribution in [3.8, 4) is 0 Å². The fraction of sp³-hybridized carbons (Fsp3) is 1.00. The molecule has 1 rings (SSSR count). The second kappa shape index (κ2) is 2.94. The van der Waals surface area contributed by atoms with Crippen molar-refractivity contribution in [3.63, 3.8) is 0 Å². The molecule has 1 saturated heterocycles. The Hall–Kier alpha value is 0.235. The molecule has 1 fully saturated rings. The van der Waals surface area contributed by atoms with Gasteiger partial charge in [0, 0.05) is 6.00 Å². The van der Waals surface area contributed by atoms with Crippen molar-refractivity contribution in [2.24, 2.45) is 0 Å². The minimum atomic E-state index is -0.788. The van der Waals surface area contributed by atoms with Crippen LogP contribution in [0.1, 0.15) is 6.92 Å². The largest absolute Gasteiger partial charge is 0.394 e. The lowest BCUT2D eigenvalue weighted by Gasteiger charge is -2.22. The SMILES string of the molecule is B[C@@H]1O[C@H](CO)[C@@H](O)[C@@]1(C)Cl. The summed E-state index contributed by atoms with van der Waals surface area (Å²) in [7, 11) is 1.78. The summed E-state index contributed by atoms with van der Waals surface area (Å²) in [5.41, 5.74) is 0. The molecule has 1 aliphatic rings. The molecule has 0 amide bonds. The van der Waals surface area contributed by atoms with Crippen molar-refractivity contribution < 1.29 is 14.9 Å². The van der Waals surface area contributed by atoms with Gasteiger partial charge < -0.3 is 14.9 Å². The molecule has 3 nitrogen and oxygen atoms in total. The highest BCUT2D eigenvalue weighted by molar-refractivity contribution is 6.30. The lowest BCUT2D eigenvalue weighted by molar-refractivity contribution is -0.00460. The summed E-state index contributed by atoms with van der Waals surface area (Å²) in [6, 6.07) is -0.226. The van der Waals surface area contributed by atoms with Crippen molar-refractivity contribution >= 4 is 19.4 Å². The number of aliphatic hydroxyl groups excluding tert-OH is 2. The third-order valence-electron chi connectivity index (χ3n) is 2.28. The van der Waals surface area contributed by atoms with Gasteiger partial charge in [-0.15, -0.1) is 11.6 Å². The maximum atomic E-state index is 9.47. The topological polar surface area (TPSA) is 49.7 Å². The van der Waals surface area contributed by atoms with E-state index in [0.717, 1.165) is 0 Å². The molecule has 11 heavy (non-hydrogen) atoms. The number of hydrogen-bond donors (Lipinski definition) is 2. The molecule has 2 N–H and O–H groups in total. The number of aliphatic hydroxyl groups is 2. The molecule has 0 saturated carbocycles. The van der Waals surface area contributed by atoms with E-state index in [2.05, 4.69) is 0 Å². The van der Waals surface area contributed by atoms with Gasteiger partial charge in [0.2, 0.25) is 0 Å². The summed E-state index contributed by atoms with van der Waals surface area (Å²) >= 11 is 5.96. The van der Waals surface area contributed by atoms with Crippen molar-refractivity contribution in [2.45, 2.75) is 30.0 Å². The number of rotatable bonds is 1. The summed E-state index contributed by atoms with van der Waals surface area (Å²) in [6.07, 6.45) is -1.32. The van der Waals surface area contributed by atoms with Gasteiger partial charge in [0.25, 0.3) is 0 Å². The van der Waals surface area contributed by atoms with E-state index in [0.29, 0.717) is 0 Å². The Kier molecular flexibility index (Phi) is 2.49. The van der Waals surface area contributed by atoms with Gasteiger partial charge >= 0.3 is 0 Å². The summed E-state index contributed by atoms with van der Waals surface area (Å²) in [5, 5.41) is 18.2. The van der Waals surface area contributed by atoms with Gasteiger partial charge in [0.05, 0.1) is 11.5 Å². The Morgan fingerprint density at radius 1 is 1.73 bits per heavy atom. The second-order valence-electron chi connectivity index (χ2n) is 3.10. The van der Waals surface area contributed by atoms with Crippen molar-refractivity contribution in [2.75, 3.05) is 6.61 Å². The van der Waals surface area contributed by atoms with Crippen LogP contribution in [0.4, 0.5) is 0 Å². The standard InChI is InChI=1S/C6H12BClO3/c1-6(8)4(10)3(2-9)11-5(6)7/h3-5,9-10H,2,7H2,1H3/t3-,4-,5-,6-/m1/s1. The molecule has 1 aliphatic heterocycles. The Morgan fingerprint density at radius 2 is 2.27 bits per heavy atom. The summed E-state index contributed by atoms with van der Waals surface area (Å²) < 4.78 is 5.21. The highest BCUT2D eigenvalue weighted by atomic mass is 35.5. The molecule has 0 radical (unpaired) electrons. The Morgan fingerprint density at radius 3 is 2.45 bits per heavy atom. The zero-order valence-corrected chi connectivity index (χ0v) is 7.38. The summed E-state index contributed by atoms with van der Waals surface area (Å²) in [4.78, 5) is -0.770. The maximum absolute atomic E-state index is 9.47. The van der Waals surface area contributed by atoms with Crippen molar-refractivity contribution in [1.29, 1.82) is 0 Å². The first-order valence-corrected chi connectivity index (χ1v) is 4.01. The first-order valence-electron chi connectivity index (χ1n) is 3.63. The molecule has 0 aromatic rings. The predicted molar refractivity (Wildman–Crippen MR) is 44.6 cm³/mol. The van der Waals surface area contributed by atoms with Gasteiger partial charge in [-0.1, -0.05) is 0 Å². The molecule has 0 aromatic carbocycles. The van der Waals surface area contributed by atoms with Gasteiger partial charge in [0.15, 0.2) is 0 Å². The van der Waals surface area contributed by atoms with Gasteiger partial charge in [-0.05, 0) is 6.92 Å². The molecule has 0 aliphatic carbocycles. The molecule has 0 bridgehead atoms. The number of ether oxygens (including phenoxy) is 1. The average molecular weight is 178 g/mol. The van der Waals surface area contributed by atoms with Gasteiger partial charge in [-0.2, -0.15) is 0 Å². The van der Waals surface area contributed by atoms with Crippen LogP contribution in [-0.4, -0.2) is 47.8 Å². The first kappa shape index (κ1) is 9.32. The Bertz CT molecular complexity index is 153. The van der Waals surface area contributed by atoms with E-state index in [1.807, 2.05) is 0 Å². The summed E-state index contributed by atoms with van der Waals surface area (Å²) in [5.74, 6) is 0. The fourth-order valence-corrected chi connectivity index (χ4v) is 1.41. The number of hydrogen-bond acceptors (Lipinski definition) is 3. The van der Waals surface area contributed by atoms with Crippen molar-refractivity contribution in [3.05, 3.63) is 0 Å². The molecule has 64 valence electrons. The lowest BCUT2D eigenvalue weighted by atomic mass is 9.85. The maximum Gasteiger partial charge on any atom is 0.141 e. The minimum Gasteiger partial charge on any atom is -0.394 e. The molecule has 1 heterocycles. The van der Waals surface area contributed by atoms with E-state index in [1.54, 1.807) is 14.8 Å². The normalized spacial score (nSPS) is 51.5. The third-order valence-corrected chi connectivity index (χ3v) is 2.82. The Balaban J connectivity index is 2.71. The highest BCUT2D eigenvalue weighted by Gasteiger charge is 2.48. The highest BCUT2D eigenvalue weighted by Crippen LogP contribution is 2.34. The average Bonchev–Trinajstić information content (AvgIpc) is 2.14. The van der Waals surface area contributed by atoms with Crippen molar-refractivity contribution in [1.82, 2.24) is 0 Å². The fourth-order valence-electron chi connectivity index (χ4n) is 1.22. The zero-order chi connectivity index (χ0) is 8.65. The number of alkyl halides is 1. The van der Waals surface area contributed by atoms with Crippen LogP contribution < -0.4 is 0 Å². The van der Waals surface area contributed by atoms with Crippen LogP contribution in [0.2, 0.25) is 0 Å². The van der Waals surface area contributed by atoms with Gasteiger partial charge in [-0.3, -0.25) is 0 Å². The predicted octanol–water partition coefficient (Wildman–Crippen LogP) is -1.30. The van der Waals surface area contributed by atoms with E-state index in [-0.39, 0.29) is 12.6 Å². The van der Waals surface area contributed by atoms with Crippen LogP contribution in [0.5, 0.6) is 0 Å². The monoisotopic (exact) mass is 178 g/mol. The van der Waals surface area contributed by atoms with Gasteiger partial charge in [-0.25, -0.2) is 0 Å². The van der Waals surface area contributed by atoms with Crippen LogP contribution in [0.15, 0.2) is 0 Å². The molecular weight excluding hydrogens is 166 g/mol. The van der Waals surface area contributed by atoms with Crippen LogP contribution in [0, 0.1) is 0 Å². The molecule has 5 heteroatoms. The summed E-state index contributed by atoms with van der Waals surface area (Å²) in [6.45, 7) is 1.52. The molecule has 0 unspecified atom stereocenters. The molecular formula is C6H12BClO3. The molecule has 0 aromatic heterocycles. The van der Waals surface area contributed by atoms with E-state index < -0.39 is 17.1 Å². The first-order chi connectivity index (χ1) is 5.00. The van der Waals surface area contributed by atoms with E-state index in [9.17, 15) is 5.11 Å². The molecule has 0 spiro atoms. The van der Waals surface area contributed by atoms with Crippen LogP contribution >= 0.6 is 11.6 Å². The minimum absolute atomic E-state index is 0.187. The van der Waals surface area contributed by atoms with Crippen LogP contribution in [0.25, 0.3) is 0 Å². The lowest BCUT2D eigenvalue weighted by Crippen LogP contribution is -2.40. The number of halogens is 1. The Labute approximate surface area is 71.7 Å². The van der Waals surface area contributed by atoms with E-state index >= 15 is 0 Å². The van der Waals surface area contributed by atoms with E-state index in [4.69, 9.17) is 21.4 Å². The van der Waals surface area contributed by atoms with Gasteiger partial charge in [0.1, 0.15) is 20.1 Å². The van der Waals surface area contributed by atoms with Crippen LogP contribution in [-0.2, 0) is 4.74 Å². The molecule has 4 atom stereocenters.